The van der Waals surface area contributed by atoms with Gasteiger partial charge in [-0.3, -0.25) is 4.90 Å². The van der Waals surface area contributed by atoms with Crippen molar-refractivity contribution in [3.05, 3.63) is 34.6 Å². The first kappa shape index (κ1) is 14.6. The number of nitrogens with zero attached hydrogens (tertiary/aromatic N) is 1. The lowest BCUT2D eigenvalue weighted by Gasteiger charge is -2.21. The molecular formula is C11H12Cl2F3N. The zero-order chi connectivity index (χ0) is 12.8. The smallest absolute Gasteiger partial charge is 0.251 e. The van der Waals surface area contributed by atoms with Gasteiger partial charge in [-0.15, -0.1) is 11.6 Å². The highest BCUT2D eigenvalue weighted by Crippen LogP contribution is 2.16. The third-order valence-electron chi connectivity index (χ3n) is 2.21. The number of hydrogen-bond donors (Lipinski definition) is 0. The van der Waals surface area contributed by atoms with E-state index in [1.807, 2.05) is 0 Å². The van der Waals surface area contributed by atoms with Gasteiger partial charge in [0.05, 0.1) is 6.54 Å². The highest BCUT2D eigenvalue weighted by atomic mass is 35.5. The Hall–Kier alpha value is -0.450. The Morgan fingerprint density at radius 3 is 2.53 bits per heavy atom. The summed E-state index contributed by atoms with van der Waals surface area (Å²) >= 11 is 11.1. The van der Waals surface area contributed by atoms with E-state index in [2.05, 4.69) is 0 Å². The van der Waals surface area contributed by atoms with Crippen molar-refractivity contribution >= 4 is 23.2 Å². The number of benzene rings is 1. The lowest BCUT2D eigenvalue weighted by atomic mass is 10.2. The summed E-state index contributed by atoms with van der Waals surface area (Å²) in [6.07, 6.45) is -2.46. The number of hydrogen-bond acceptors (Lipinski definition) is 1. The lowest BCUT2D eigenvalue weighted by molar-refractivity contribution is 0.0873. The molecule has 0 amide bonds. The van der Waals surface area contributed by atoms with Crippen molar-refractivity contribution in [3.63, 3.8) is 0 Å². The average molecular weight is 286 g/mol. The second kappa shape index (κ2) is 7.09. The molecule has 0 saturated carbocycles. The summed E-state index contributed by atoms with van der Waals surface area (Å²) in [4.78, 5) is 1.41. The number of rotatable bonds is 6. The molecule has 0 bridgehead atoms. The standard InChI is InChI=1S/C11H12Cl2F3N/c12-3-4-17(7-11(15)16)6-8-1-2-9(13)5-10(8)14/h1-2,5,11H,3-4,6-7H2. The van der Waals surface area contributed by atoms with Crippen molar-refractivity contribution in [2.75, 3.05) is 19.0 Å². The minimum atomic E-state index is -2.46. The van der Waals surface area contributed by atoms with Gasteiger partial charge in [-0.05, 0) is 12.1 Å². The van der Waals surface area contributed by atoms with E-state index in [9.17, 15) is 13.2 Å². The average Bonchev–Trinajstić information content (AvgIpc) is 2.21. The van der Waals surface area contributed by atoms with Crippen LogP contribution >= 0.6 is 23.2 Å². The molecule has 0 aliphatic heterocycles. The fourth-order valence-electron chi connectivity index (χ4n) is 1.44. The van der Waals surface area contributed by atoms with Crippen molar-refractivity contribution in [3.8, 4) is 0 Å². The van der Waals surface area contributed by atoms with Crippen molar-refractivity contribution in [2.45, 2.75) is 13.0 Å². The molecule has 0 heterocycles. The van der Waals surface area contributed by atoms with Crippen LogP contribution < -0.4 is 0 Å². The van der Waals surface area contributed by atoms with Crippen LogP contribution in [0.25, 0.3) is 0 Å². The van der Waals surface area contributed by atoms with Gasteiger partial charge in [0.1, 0.15) is 5.82 Å². The molecule has 0 spiro atoms. The van der Waals surface area contributed by atoms with E-state index in [4.69, 9.17) is 23.2 Å². The van der Waals surface area contributed by atoms with Gasteiger partial charge in [0.15, 0.2) is 0 Å². The molecule has 0 unspecified atom stereocenters. The molecule has 0 fully saturated rings. The monoisotopic (exact) mass is 285 g/mol. The van der Waals surface area contributed by atoms with Crippen molar-refractivity contribution in [1.29, 1.82) is 0 Å². The molecule has 0 aromatic heterocycles. The summed E-state index contributed by atoms with van der Waals surface area (Å²) in [5, 5.41) is 0.281. The summed E-state index contributed by atoms with van der Waals surface area (Å²) in [6.45, 7) is -0.0389. The van der Waals surface area contributed by atoms with Gasteiger partial charge in [-0.25, -0.2) is 13.2 Å². The highest BCUT2D eigenvalue weighted by Gasteiger charge is 2.14. The molecule has 17 heavy (non-hydrogen) atoms. The highest BCUT2D eigenvalue weighted by molar-refractivity contribution is 6.30. The molecule has 0 aliphatic carbocycles. The first-order valence-electron chi connectivity index (χ1n) is 5.03. The Morgan fingerprint density at radius 2 is 2.00 bits per heavy atom. The van der Waals surface area contributed by atoms with Crippen molar-refractivity contribution in [1.82, 2.24) is 4.90 Å². The maximum absolute atomic E-state index is 13.5. The SMILES string of the molecule is Fc1cc(Cl)ccc1CN(CCCl)CC(F)F. The summed E-state index contributed by atoms with van der Waals surface area (Å²) in [6, 6.07) is 4.18. The summed E-state index contributed by atoms with van der Waals surface area (Å²) in [5.41, 5.74) is 0.333. The van der Waals surface area contributed by atoms with E-state index in [0.717, 1.165) is 6.07 Å². The van der Waals surface area contributed by atoms with Gasteiger partial charge >= 0.3 is 0 Å². The zero-order valence-corrected chi connectivity index (χ0v) is 10.5. The van der Waals surface area contributed by atoms with Crippen molar-refractivity contribution in [2.24, 2.45) is 0 Å². The van der Waals surface area contributed by atoms with Crippen LogP contribution in [0.4, 0.5) is 13.2 Å². The maximum Gasteiger partial charge on any atom is 0.251 e. The zero-order valence-electron chi connectivity index (χ0n) is 8.97. The summed E-state index contributed by atoms with van der Waals surface area (Å²) in [7, 11) is 0. The first-order valence-corrected chi connectivity index (χ1v) is 5.94. The Bertz CT molecular complexity index is 361. The topological polar surface area (TPSA) is 3.24 Å². The molecule has 1 aromatic carbocycles. The van der Waals surface area contributed by atoms with Crippen LogP contribution in [0.5, 0.6) is 0 Å². The molecule has 1 aromatic rings. The van der Waals surface area contributed by atoms with Crippen LogP contribution in [0, 0.1) is 5.82 Å². The second-order valence-electron chi connectivity index (χ2n) is 3.55. The predicted octanol–water partition coefficient (Wildman–Crippen LogP) is 3.79. The van der Waals surface area contributed by atoms with E-state index in [1.54, 1.807) is 0 Å². The van der Waals surface area contributed by atoms with Gasteiger partial charge in [-0.2, -0.15) is 0 Å². The van der Waals surface area contributed by atoms with Crippen LogP contribution in [-0.2, 0) is 6.54 Å². The molecule has 0 N–H and O–H groups in total. The van der Waals surface area contributed by atoms with E-state index >= 15 is 0 Å². The third-order valence-corrected chi connectivity index (χ3v) is 2.61. The van der Waals surface area contributed by atoms with Crippen LogP contribution in [0.1, 0.15) is 5.56 Å². The minimum absolute atomic E-state index is 0.0973. The van der Waals surface area contributed by atoms with Crippen LogP contribution in [0.15, 0.2) is 18.2 Å². The fourth-order valence-corrected chi connectivity index (χ4v) is 1.84. The lowest BCUT2D eigenvalue weighted by Crippen LogP contribution is -2.30. The number of halogens is 5. The van der Waals surface area contributed by atoms with Gasteiger partial charge in [0.25, 0.3) is 6.43 Å². The quantitative estimate of drug-likeness (QED) is 0.719. The molecule has 96 valence electrons. The second-order valence-corrected chi connectivity index (χ2v) is 4.37. The predicted molar refractivity (Wildman–Crippen MR) is 63.4 cm³/mol. The Labute approximate surface area is 108 Å². The molecule has 0 radical (unpaired) electrons. The Morgan fingerprint density at radius 1 is 1.29 bits per heavy atom. The van der Waals surface area contributed by atoms with Crippen LogP contribution in [0.2, 0.25) is 5.02 Å². The molecular weight excluding hydrogens is 274 g/mol. The van der Waals surface area contributed by atoms with Gasteiger partial charge in [-0.1, -0.05) is 17.7 Å². The van der Waals surface area contributed by atoms with E-state index in [-0.39, 0.29) is 24.0 Å². The minimum Gasteiger partial charge on any atom is -0.292 e. The summed E-state index contributed by atoms with van der Waals surface area (Å²) in [5.74, 6) is -0.270. The molecule has 0 saturated heterocycles. The van der Waals surface area contributed by atoms with Crippen LogP contribution in [-0.4, -0.2) is 30.3 Å². The fraction of sp³-hybridized carbons (Fsp3) is 0.455. The Balaban J connectivity index is 2.71. The van der Waals surface area contributed by atoms with Gasteiger partial charge < -0.3 is 0 Å². The molecule has 1 rings (SSSR count). The van der Waals surface area contributed by atoms with Crippen LogP contribution in [0.3, 0.4) is 0 Å². The normalized spacial score (nSPS) is 11.5. The Kier molecular flexibility index (Phi) is 6.09. The van der Waals surface area contributed by atoms with E-state index in [0.29, 0.717) is 5.56 Å². The number of alkyl halides is 3. The molecule has 0 aliphatic rings. The van der Waals surface area contributed by atoms with Gasteiger partial charge in [0.2, 0.25) is 0 Å². The molecule has 6 heteroatoms. The van der Waals surface area contributed by atoms with Gasteiger partial charge in [0, 0.05) is 29.6 Å². The van der Waals surface area contributed by atoms with E-state index < -0.39 is 18.8 Å². The van der Waals surface area contributed by atoms with Crippen molar-refractivity contribution < 1.29 is 13.2 Å². The largest absolute Gasteiger partial charge is 0.292 e. The van der Waals surface area contributed by atoms with E-state index in [1.165, 1.54) is 17.0 Å². The maximum atomic E-state index is 13.5. The molecule has 1 nitrogen and oxygen atoms in total. The third kappa shape index (κ3) is 5.15. The summed E-state index contributed by atoms with van der Waals surface area (Å²) < 4.78 is 38.0. The molecule has 0 atom stereocenters. The first-order chi connectivity index (χ1) is 8.02.